The molecule has 3 atom stereocenters. The fourth-order valence-corrected chi connectivity index (χ4v) is 4.60. The quantitative estimate of drug-likeness (QED) is 0.576. The van der Waals surface area contributed by atoms with Crippen LogP contribution >= 0.6 is 0 Å². The number of allylic oxidation sites excluding steroid dienone is 2. The van der Waals surface area contributed by atoms with Crippen molar-refractivity contribution in [2.45, 2.75) is 19.4 Å². The Morgan fingerprint density at radius 2 is 1.72 bits per heavy atom. The molecule has 1 heterocycles. The number of fused-ring (bicyclic) bond motifs is 2. The molecule has 2 aliphatic carbocycles. The monoisotopic (exact) mass is 402 g/mol. The number of piperazine rings is 1. The Balaban J connectivity index is 0.000000353. The highest BCUT2D eigenvalue weighted by atomic mass is 16.5. The molecule has 1 aromatic carbocycles. The van der Waals surface area contributed by atoms with Gasteiger partial charge in [-0.15, -0.1) is 0 Å². The number of benzene rings is 1. The second-order valence-corrected chi connectivity index (χ2v) is 8.08. The molecule has 7 nitrogen and oxygen atoms in total. The minimum Gasteiger partial charge on any atom is -0.497 e. The van der Waals surface area contributed by atoms with E-state index in [0.717, 1.165) is 30.0 Å². The van der Waals surface area contributed by atoms with E-state index in [1.165, 1.54) is 51.1 Å². The second-order valence-electron chi connectivity index (χ2n) is 8.08. The fraction of sp³-hybridized carbons (Fsp3) is 0.545. The first-order chi connectivity index (χ1) is 13.9. The lowest BCUT2D eigenvalue weighted by molar-refractivity contribution is -0.159. The zero-order valence-corrected chi connectivity index (χ0v) is 16.9. The summed E-state index contributed by atoms with van der Waals surface area (Å²) >= 11 is 0. The van der Waals surface area contributed by atoms with Crippen molar-refractivity contribution < 1.29 is 24.5 Å². The highest BCUT2D eigenvalue weighted by Gasteiger charge is 2.36. The predicted molar refractivity (Wildman–Crippen MR) is 109 cm³/mol. The molecule has 4 rings (SSSR count). The highest BCUT2D eigenvalue weighted by Crippen LogP contribution is 2.43. The molecule has 2 N–H and O–H groups in total. The van der Waals surface area contributed by atoms with E-state index in [4.69, 9.17) is 24.5 Å². The van der Waals surface area contributed by atoms with Gasteiger partial charge in [-0.2, -0.15) is 0 Å². The van der Waals surface area contributed by atoms with E-state index in [2.05, 4.69) is 40.2 Å². The average molecular weight is 402 g/mol. The summed E-state index contributed by atoms with van der Waals surface area (Å²) in [5.74, 6) is 0.0274. The number of carboxylic acids is 2. The molecule has 158 valence electrons. The minimum absolute atomic E-state index is 0.884. The molecule has 3 unspecified atom stereocenters. The van der Waals surface area contributed by atoms with E-state index in [1.807, 2.05) is 6.07 Å². The summed E-state index contributed by atoms with van der Waals surface area (Å²) in [6.07, 6.45) is 7.80. The Bertz CT molecular complexity index is 730. The number of ether oxygens (including phenoxy) is 1. The molecule has 0 spiro atoms. The maximum absolute atomic E-state index is 9.10. The van der Waals surface area contributed by atoms with Gasteiger partial charge < -0.3 is 19.8 Å². The second kappa shape index (κ2) is 9.89. The lowest BCUT2D eigenvalue weighted by atomic mass is 9.93. The Morgan fingerprint density at radius 1 is 1.03 bits per heavy atom. The molecule has 2 bridgehead atoms. The van der Waals surface area contributed by atoms with Gasteiger partial charge in [-0.25, -0.2) is 9.59 Å². The molecular weight excluding hydrogens is 372 g/mol. The molecule has 1 saturated carbocycles. The van der Waals surface area contributed by atoms with Gasteiger partial charge in [-0.1, -0.05) is 24.3 Å². The van der Waals surface area contributed by atoms with Crippen LogP contribution in [0.5, 0.6) is 5.75 Å². The molecule has 7 heteroatoms. The van der Waals surface area contributed by atoms with Crippen LogP contribution in [0.25, 0.3) is 0 Å². The van der Waals surface area contributed by atoms with Crippen molar-refractivity contribution in [2.75, 3.05) is 39.8 Å². The van der Waals surface area contributed by atoms with E-state index >= 15 is 0 Å². The van der Waals surface area contributed by atoms with Gasteiger partial charge in [0.1, 0.15) is 5.75 Å². The topological polar surface area (TPSA) is 90.3 Å². The van der Waals surface area contributed by atoms with Crippen molar-refractivity contribution >= 4 is 11.9 Å². The number of methoxy groups -OCH3 is 1. The number of aliphatic carboxylic acids is 2. The lowest BCUT2D eigenvalue weighted by Gasteiger charge is -2.37. The summed E-state index contributed by atoms with van der Waals surface area (Å²) in [6.45, 7) is 7.19. The molecule has 1 saturated heterocycles. The zero-order valence-electron chi connectivity index (χ0n) is 16.9. The Labute approximate surface area is 171 Å². The maximum Gasteiger partial charge on any atom is 0.414 e. The van der Waals surface area contributed by atoms with Crippen LogP contribution in [0.1, 0.15) is 18.4 Å². The van der Waals surface area contributed by atoms with Crippen LogP contribution in [0, 0.1) is 17.8 Å². The Morgan fingerprint density at radius 3 is 2.28 bits per heavy atom. The highest BCUT2D eigenvalue weighted by molar-refractivity contribution is 6.27. The number of hydrogen-bond acceptors (Lipinski definition) is 5. The summed E-state index contributed by atoms with van der Waals surface area (Å²) in [7, 11) is 1.74. The Kier molecular flexibility index (Phi) is 7.28. The van der Waals surface area contributed by atoms with E-state index in [-0.39, 0.29) is 0 Å². The van der Waals surface area contributed by atoms with Gasteiger partial charge in [0.25, 0.3) is 0 Å². The van der Waals surface area contributed by atoms with Crippen molar-refractivity contribution in [2.24, 2.45) is 17.8 Å². The van der Waals surface area contributed by atoms with Crippen LogP contribution < -0.4 is 4.74 Å². The molecule has 1 aliphatic heterocycles. The molecule has 2 fully saturated rings. The van der Waals surface area contributed by atoms with Gasteiger partial charge in [-0.05, 0) is 48.3 Å². The summed E-state index contributed by atoms with van der Waals surface area (Å²) in [5, 5.41) is 14.8. The Hall–Kier alpha value is -2.38. The summed E-state index contributed by atoms with van der Waals surface area (Å²) in [4.78, 5) is 23.5. The van der Waals surface area contributed by atoms with Crippen LogP contribution in [0.4, 0.5) is 0 Å². The van der Waals surface area contributed by atoms with Gasteiger partial charge in [-0.3, -0.25) is 4.90 Å². The van der Waals surface area contributed by atoms with Gasteiger partial charge >= 0.3 is 11.9 Å². The summed E-state index contributed by atoms with van der Waals surface area (Å²) in [6, 6.07) is 8.47. The molecule has 0 amide bonds. The van der Waals surface area contributed by atoms with E-state index in [0.29, 0.717) is 0 Å². The van der Waals surface area contributed by atoms with E-state index in [1.54, 1.807) is 7.11 Å². The van der Waals surface area contributed by atoms with Crippen LogP contribution in [0.15, 0.2) is 36.4 Å². The number of carbonyl (C=O) groups is 2. The number of hydrogen-bond donors (Lipinski definition) is 2. The van der Waals surface area contributed by atoms with Crippen LogP contribution in [0.3, 0.4) is 0 Å². The maximum atomic E-state index is 9.10. The molecule has 1 aromatic rings. The van der Waals surface area contributed by atoms with Gasteiger partial charge in [0.15, 0.2) is 0 Å². The largest absolute Gasteiger partial charge is 0.497 e. The van der Waals surface area contributed by atoms with Crippen LogP contribution in [-0.2, 0) is 16.1 Å². The van der Waals surface area contributed by atoms with Crippen LogP contribution in [0.2, 0.25) is 0 Å². The summed E-state index contributed by atoms with van der Waals surface area (Å²) in [5.41, 5.74) is 1.36. The normalized spacial score (nSPS) is 26.0. The zero-order chi connectivity index (χ0) is 20.8. The van der Waals surface area contributed by atoms with Crippen molar-refractivity contribution in [3.05, 3.63) is 42.0 Å². The smallest absolute Gasteiger partial charge is 0.414 e. The van der Waals surface area contributed by atoms with E-state index < -0.39 is 11.9 Å². The predicted octanol–water partition coefficient (Wildman–Crippen LogP) is 2.18. The first kappa shape index (κ1) is 21.3. The van der Waals surface area contributed by atoms with Crippen molar-refractivity contribution in [3.8, 4) is 5.75 Å². The average Bonchev–Trinajstić information content (AvgIpc) is 3.33. The van der Waals surface area contributed by atoms with Gasteiger partial charge in [0, 0.05) is 39.3 Å². The first-order valence-corrected chi connectivity index (χ1v) is 10.2. The minimum atomic E-state index is -1.82. The van der Waals surface area contributed by atoms with Crippen LogP contribution in [-0.4, -0.2) is 71.8 Å². The standard InChI is InChI=1S/C20H28N2O.C2H2O4/c1-23-20-4-2-3-17(13-20)14-21-7-9-22(10-8-21)15-19-12-16-5-6-18(19)11-16;3-1(4)2(5)6/h2-6,13,16,18-19H,7-12,14-15H2,1H3;(H,3,4)(H,5,6). The molecule has 0 aromatic heterocycles. The summed E-state index contributed by atoms with van der Waals surface area (Å²) < 4.78 is 5.33. The number of nitrogens with zero attached hydrogens (tertiary/aromatic N) is 2. The SMILES string of the molecule is COc1cccc(CN2CCN(CC3CC4C=CC3C4)CC2)c1.O=C(O)C(=O)O. The first-order valence-electron chi connectivity index (χ1n) is 10.2. The van der Waals surface area contributed by atoms with E-state index in [9.17, 15) is 0 Å². The lowest BCUT2D eigenvalue weighted by Crippen LogP contribution is -2.47. The third-order valence-electron chi connectivity index (χ3n) is 6.10. The molecule has 29 heavy (non-hydrogen) atoms. The van der Waals surface area contributed by atoms with Crippen molar-refractivity contribution in [1.82, 2.24) is 9.80 Å². The van der Waals surface area contributed by atoms with Gasteiger partial charge in [0.2, 0.25) is 0 Å². The molecular formula is C22H30N2O5. The number of rotatable bonds is 5. The molecule has 3 aliphatic rings. The van der Waals surface area contributed by atoms with Gasteiger partial charge in [0.05, 0.1) is 7.11 Å². The number of carboxylic acid groups (broad SMARTS) is 2. The third kappa shape index (κ3) is 6.05. The fourth-order valence-electron chi connectivity index (χ4n) is 4.60. The molecule has 0 radical (unpaired) electrons. The van der Waals surface area contributed by atoms with Crippen molar-refractivity contribution in [1.29, 1.82) is 0 Å². The van der Waals surface area contributed by atoms with Crippen molar-refractivity contribution in [3.63, 3.8) is 0 Å². The third-order valence-corrected chi connectivity index (χ3v) is 6.10.